The zero-order valence-electron chi connectivity index (χ0n) is 25.0. The number of anilines is 3. The monoisotopic (exact) mass is 609 g/mol. The standard InChI is InChI=1S/C18H18N2O3.C11H17N3.C2H3ClO.CH2O/c1-11-4-5-12(19)8-16(11)23-15-6-7-20-14-10-18(22-3)17(21-2)9-13(14)15;1-13-10-6-7-14(8-10)11-4-2-9(12)3-5-11;3-1-2-4;1-2/h4-10H,19H2,1-3H3;2-5,10,13H,6-8,12H2,1H3;2H,1H2;1H2. The van der Waals surface area contributed by atoms with Crippen LogP contribution in [0.5, 0.6) is 23.0 Å². The van der Waals surface area contributed by atoms with E-state index in [1.54, 1.807) is 20.4 Å². The molecule has 11 heteroatoms. The Bertz CT molecular complexity index is 1440. The summed E-state index contributed by atoms with van der Waals surface area (Å²) in [6.45, 7) is 6.21. The number of aromatic nitrogens is 1. The summed E-state index contributed by atoms with van der Waals surface area (Å²) in [6.07, 6.45) is 3.56. The predicted octanol–water partition coefficient (Wildman–Crippen LogP) is 5.24. The largest absolute Gasteiger partial charge is 0.493 e. The predicted molar refractivity (Wildman–Crippen MR) is 175 cm³/mol. The number of ether oxygens (including phenoxy) is 3. The van der Waals surface area contributed by atoms with Crippen LogP contribution in [0.2, 0.25) is 0 Å². The maximum atomic E-state index is 9.04. The van der Waals surface area contributed by atoms with Gasteiger partial charge in [-0.3, -0.25) is 4.98 Å². The fourth-order valence-corrected chi connectivity index (χ4v) is 4.30. The SMILES string of the molecule is C=O.CNC1CCN(c2ccc(N)cc2)C1.COc1cc2nccc(Oc3cc(N)ccc3C)c2cc1OC.O=CCCl. The highest BCUT2D eigenvalue weighted by atomic mass is 35.5. The molecule has 43 heavy (non-hydrogen) atoms. The van der Waals surface area contributed by atoms with Crippen molar-refractivity contribution in [1.82, 2.24) is 10.3 Å². The van der Waals surface area contributed by atoms with Crippen LogP contribution in [0, 0.1) is 6.92 Å². The van der Waals surface area contributed by atoms with Crippen LogP contribution in [-0.4, -0.2) is 64.3 Å². The lowest BCUT2D eigenvalue weighted by molar-refractivity contribution is -0.105. The second-order valence-electron chi connectivity index (χ2n) is 9.29. The Morgan fingerprint density at radius 1 is 0.977 bits per heavy atom. The van der Waals surface area contributed by atoms with Crippen molar-refractivity contribution in [3.05, 3.63) is 72.4 Å². The quantitative estimate of drug-likeness (QED) is 0.145. The minimum absolute atomic E-state index is 0.111. The maximum absolute atomic E-state index is 9.04. The molecule has 0 bridgehead atoms. The third kappa shape index (κ3) is 10.1. The number of benzene rings is 3. The molecule has 1 aliphatic heterocycles. The van der Waals surface area contributed by atoms with Gasteiger partial charge in [0.2, 0.25) is 0 Å². The molecule has 0 saturated carbocycles. The number of methoxy groups -OCH3 is 2. The molecule has 1 fully saturated rings. The smallest absolute Gasteiger partial charge is 0.162 e. The molecular formula is C32H40ClN5O5. The number of aldehydes is 1. The molecule has 1 unspecified atom stereocenters. The first kappa shape index (κ1) is 34.7. The summed E-state index contributed by atoms with van der Waals surface area (Å²) in [6, 6.07) is 19.8. The minimum atomic E-state index is 0.111. The maximum Gasteiger partial charge on any atom is 0.162 e. The number of hydrogen-bond donors (Lipinski definition) is 3. The van der Waals surface area contributed by atoms with Gasteiger partial charge in [-0.05, 0) is 68.4 Å². The number of alkyl halides is 1. The van der Waals surface area contributed by atoms with Crippen LogP contribution in [0.25, 0.3) is 10.9 Å². The molecule has 1 saturated heterocycles. The number of nitrogen functional groups attached to an aromatic ring is 2. The molecule has 5 N–H and O–H groups in total. The second-order valence-corrected chi connectivity index (χ2v) is 9.60. The van der Waals surface area contributed by atoms with E-state index < -0.39 is 0 Å². The first-order chi connectivity index (χ1) is 20.8. The topological polar surface area (TPSA) is 142 Å². The number of fused-ring (bicyclic) bond motifs is 1. The minimum Gasteiger partial charge on any atom is -0.493 e. The zero-order chi connectivity index (χ0) is 31.8. The first-order valence-electron chi connectivity index (χ1n) is 13.4. The Hall–Kier alpha value is -4.54. The Balaban J connectivity index is 0.000000274. The molecule has 1 atom stereocenters. The van der Waals surface area contributed by atoms with Gasteiger partial charge < -0.3 is 45.5 Å². The van der Waals surface area contributed by atoms with Crippen molar-refractivity contribution in [3.63, 3.8) is 0 Å². The summed E-state index contributed by atoms with van der Waals surface area (Å²) in [7, 11) is 5.22. The van der Waals surface area contributed by atoms with Crippen LogP contribution in [0.15, 0.2) is 66.9 Å². The highest BCUT2D eigenvalue weighted by Gasteiger charge is 2.20. The van der Waals surface area contributed by atoms with Crippen LogP contribution in [0.3, 0.4) is 0 Å². The van der Waals surface area contributed by atoms with Crippen LogP contribution in [-0.2, 0) is 9.59 Å². The summed E-state index contributed by atoms with van der Waals surface area (Å²) in [4.78, 5) is 23.8. The number of carbonyl (C=O) groups excluding carboxylic acids is 2. The number of halogens is 1. The number of likely N-dealkylation sites (N-methyl/N-ethyl adjacent to an activating group) is 1. The Kier molecular flexibility index (Phi) is 14.6. The molecule has 230 valence electrons. The van der Waals surface area contributed by atoms with Gasteiger partial charge in [0, 0.05) is 59.9 Å². The number of nitrogens with zero attached hydrogens (tertiary/aromatic N) is 2. The van der Waals surface area contributed by atoms with Crippen molar-refractivity contribution in [2.24, 2.45) is 0 Å². The summed E-state index contributed by atoms with van der Waals surface area (Å²) >= 11 is 4.82. The molecule has 4 aromatic rings. The summed E-state index contributed by atoms with van der Waals surface area (Å²) < 4.78 is 16.7. The van der Waals surface area contributed by atoms with Crippen LogP contribution in [0.4, 0.5) is 17.1 Å². The second kappa shape index (κ2) is 18.1. The third-order valence-electron chi connectivity index (χ3n) is 6.56. The van der Waals surface area contributed by atoms with Gasteiger partial charge in [-0.25, -0.2) is 0 Å². The van der Waals surface area contributed by atoms with Gasteiger partial charge in [0.1, 0.15) is 24.6 Å². The molecule has 0 spiro atoms. The number of aryl methyl sites for hydroxylation is 1. The van der Waals surface area contributed by atoms with Crippen molar-refractivity contribution >= 4 is 52.6 Å². The van der Waals surface area contributed by atoms with E-state index in [-0.39, 0.29) is 5.88 Å². The van der Waals surface area contributed by atoms with Crippen molar-refractivity contribution in [2.45, 2.75) is 19.4 Å². The van der Waals surface area contributed by atoms with E-state index in [4.69, 9.17) is 46.9 Å². The number of nitrogens with one attached hydrogen (secondary N) is 1. The molecule has 10 nitrogen and oxygen atoms in total. The summed E-state index contributed by atoms with van der Waals surface area (Å²) in [5, 5.41) is 4.15. The number of nitrogens with two attached hydrogens (primary N) is 2. The molecule has 3 aromatic carbocycles. The fraction of sp³-hybridized carbons (Fsp3) is 0.281. The van der Waals surface area contributed by atoms with Gasteiger partial charge in [-0.2, -0.15) is 0 Å². The van der Waals surface area contributed by atoms with E-state index in [0.717, 1.165) is 35.2 Å². The van der Waals surface area contributed by atoms with Gasteiger partial charge in [-0.1, -0.05) is 6.07 Å². The average molecular weight is 610 g/mol. The van der Waals surface area contributed by atoms with Gasteiger partial charge in [-0.15, -0.1) is 11.6 Å². The Morgan fingerprint density at radius 2 is 1.60 bits per heavy atom. The highest BCUT2D eigenvalue weighted by Crippen LogP contribution is 2.37. The Labute approximate surface area is 257 Å². The van der Waals surface area contributed by atoms with Crippen molar-refractivity contribution in [2.75, 3.05) is 56.6 Å². The van der Waals surface area contributed by atoms with Gasteiger partial charge >= 0.3 is 0 Å². The normalized spacial score (nSPS) is 13.3. The van der Waals surface area contributed by atoms with Crippen LogP contribution >= 0.6 is 11.6 Å². The lowest BCUT2D eigenvalue weighted by atomic mass is 10.1. The fourth-order valence-electron chi connectivity index (χ4n) is 4.30. The number of carbonyl (C=O) groups is 2. The van der Waals surface area contributed by atoms with Crippen molar-refractivity contribution < 1.29 is 23.8 Å². The molecule has 0 radical (unpaired) electrons. The third-order valence-corrected chi connectivity index (χ3v) is 6.68. The van der Waals surface area contributed by atoms with Crippen molar-refractivity contribution in [3.8, 4) is 23.0 Å². The molecule has 1 aliphatic rings. The molecule has 5 rings (SSSR count). The summed E-state index contributed by atoms with van der Waals surface area (Å²) in [5.41, 5.74) is 16.0. The lowest BCUT2D eigenvalue weighted by Gasteiger charge is -2.18. The van der Waals surface area contributed by atoms with Crippen LogP contribution < -0.4 is 35.9 Å². The van der Waals surface area contributed by atoms with E-state index in [2.05, 4.69) is 27.3 Å². The zero-order valence-corrected chi connectivity index (χ0v) is 25.8. The lowest BCUT2D eigenvalue weighted by Crippen LogP contribution is -2.29. The summed E-state index contributed by atoms with van der Waals surface area (Å²) in [5.74, 6) is 2.77. The van der Waals surface area contributed by atoms with Gasteiger partial charge in [0.15, 0.2) is 11.5 Å². The highest BCUT2D eigenvalue weighted by molar-refractivity contribution is 6.24. The molecule has 2 heterocycles. The van der Waals surface area contributed by atoms with E-state index in [1.807, 2.05) is 69.3 Å². The molecular weight excluding hydrogens is 570 g/mol. The van der Waals surface area contributed by atoms with Crippen LogP contribution in [0.1, 0.15) is 12.0 Å². The van der Waals surface area contributed by atoms with Gasteiger partial charge in [0.25, 0.3) is 0 Å². The Morgan fingerprint density at radius 3 is 2.19 bits per heavy atom. The van der Waals surface area contributed by atoms with Gasteiger partial charge in [0.05, 0.1) is 25.6 Å². The number of pyridine rings is 1. The molecule has 0 amide bonds. The first-order valence-corrected chi connectivity index (χ1v) is 14.0. The number of rotatable bonds is 7. The van der Waals surface area contributed by atoms with E-state index in [1.165, 1.54) is 12.1 Å². The molecule has 0 aliphatic carbocycles. The number of hydrogen-bond acceptors (Lipinski definition) is 10. The average Bonchev–Trinajstić information content (AvgIpc) is 3.53. The van der Waals surface area contributed by atoms with E-state index in [0.29, 0.717) is 41.0 Å². The van der Waals surface area contributed by atoms with Crippen molar-refractivity contribution in [1.29, 1.82) is 0 Å². The molecule has 1 aromatic heterocycles. The van der Waals surface area contributed by atoms with E-state index in [9.17, 15) is 0 Å². The van der Waals surface area contributed by atoms with E-state index >= 15 is 0 Å².